The summed E-state index contributed by atoms with van der Waals surface area (Å²) in [4.78, 5) is 15.9. The molecule has 2 aliphatic rings. The summed E-state index contributed by atoms with van der Waals surface area (Å²) in [5.41, 5.74) is 2.63. The monoisotopic (exact) mass is 680 g/mol. The van der Waals surface area contributed by atoms with Crippen LogP contribution in [0.2, 0.25) is 0 Å². The van der Waals surface area contributed by atoms with Crippen LogP contribution in [0.5, 0.6) is 11.6 Å². The number of anilines is 2. The summed E-state index contributed by atoms with van der Waals surface area (Å²) in [7, 11) is 0. The van der Waals surface area contributed by atoms with Crippen LogP contribution >= 0.6 is 0 Å². The molecule has 1 saturated heterocycles. The Morgan fingerprint density at radius 1 is 1.04 bits per heavy atom. The first-order valence-corrected chi connectivity index (χ1v) is 16.9. The lowest BCUT2D eigenvalue weighted by molar-refractivity contribution is -0.0852. The highest BCUT2D eigenvalue weighted by molar-refractivity contribution is 5.67. The van der Waals surface area contributed by atoms with Crippen molar-refractivity contribution in [2.45, 2.75) is 90.0 Å². The lowest BCUT2D eigenvalue weighted by Gasteiger charge is -2.42. The first-order chi connectivity index (χ1) is 24.4. The van der Waals surface area contributed by atoms with Crippen LogP contribution in [-0.2, 0) is 17.9 Å². The molecule has 3 atom stereocenters. The number of nitrogens with zero attached hydrogens (tertiary/aromatic N) is 11. The Kier molecular flexibility index (Phi) is 9.94. The second kappa shape index (κ2) is 15.0. The quantitative estimate of drug-likeness (QED) is 0.194. The molecule has 0 radical (unpaired) electrons. The van der Waals surface area contributed by atoms with E-state index in [-0.39, 0.29) is 31.0 Å². The Bertz CT molecular complexity index is 1850. The van der Waals surface area contributed by atoms with Crippen LogP contribution in [0.4, 0.5) is 11.6 Å². The normalized spacial score (nSPS) is 21.7. The molecule has 0 spiro atoms. The summed E-state index contributed by atoms with van der Waals surface area (Å²) in [6.45, 7) is 8.74. The molecular formula is C34H40N12O4. The van der Waals surface area contributed by atoms with Crippen molar-refractivity contribution in [3.63, 3.8) is 0 Å². The third-order valence-electron chi connectivity index (χ3n) is 9.02. The Balaban J connectivity index is 1.04. The minimum absolute atomic E-state index is 0.135. The number of benzene rings is 1. The molecule has 0 bridgehead atoms. The van der Waals surface area contributed by atoms with E-state index in [0.29, 0.717) is 47.3 Å². The van der Waals surface area contributed by atoms with E-state index in [9.17, 15) is 5.26 Å². The fourth-order valence-electron chi connectivity index (χ4n) is 6.75. The first-order valence-electron chi connectivity index (χ1n) is 16.9. The highest BCUT2D eigenvalue weighted by Gasteiger charge is 2.32. The van der Waals surface area contributed by atoms with Crippen LogP contribution < -0.4 is 14.8 Å². The molecule has 5 heterocycles. The van der Waals surface area contributed by atoms with Crippen molar-refractivity contribution < 1.29 is 18.6 Å². The van der Waals surface area contributed by atoms with E-state index in [4.69, 9.17) is 23.7 Å². The maximum atomic E-state index is 9.68. The second-order valence-electron chi connectivity index (χ2n) is 12.9. The molecular weight excluding hydrogens is 640 g/mol. The Labute approximate surface area is 289 Å². The largest absolute Gasteiger partial charge is 0.487 e. The van der Waals surface area contributed by atoms with Gasteiger partial charge in [-0.3, -0.25) is 9.58 Å². The molecule has 1 N–H and O–H groups in total. The number of hydrogen-bond acceptors (Lipinski definition) is 14. The van der Waals surface area contributed by atoms with Crippen LogP contribution in [0.15, 0.2) is 60.0 Å². The molecule has 260 valence electrons. The molecule has 1 saturated carbocycles. The predicted molar refractivity (Wildman–Crippen MR) is 179 cm³/mol. The van der Waals surface area contributed by atoms with Gasteiger partial charge in [0.2, 0.25) is 11.8 Å². The third-order valence-corrected chi connectivity index (χ3v) is 9.02. The highest BCUT2D eigenvalue weighted by atomic mass is 16.5. The minimum atomic E-state index is -0.281. The van der Waals surface area contributed by atoms with Gasteiger partial charge in [-0.1, -0.05) is 6.07 Å². The van der Waals surface area contributed by atoms with Crippen molar-refractivity contribution in [3.8, 4) is 28.8 Å². The lowest BCUT2D eigenvalue weighted by atomic mass is 9.89. The van der Waals surface area contributed by atoms with Crippen molar-refractivity contribution >= 4 is 11.6 Å². The maximum Gasteiger partial charge on any atom is 0.257 e. The van der Waals surface area contributed by atoms with Gasteiger partial charge >= 0.3 is 0 Å². The van der Waals surface area contributed by atoms with E-state index in [0.717, 1.165) is 49.9 Å². The number of nitriles is 1. The SMILES string of the molecule is CC(Cn1cnnn1)Oc1cc(-c2cnc(Nc3cn(C4CCC(N5C[C@@H](C)O[C@@H](C)C5)CC4)nc3OCc3ncco3)nc2)ccc1C#N. The summed E-state index contributed by atoms with van der Waals surface area (Å²) in [6.07, 6.45) is 14.5. The lowest BCUT2D eigenvalue weighted by Crippen LogP contribution is -2.51. The van der Waals surface area contributed by atoms with Gasteiger partial charge in [0, 0.05) is 37.1 Å². The average molecular weight is 681 g/mol. The van der Waals surface area contributed by atoms with Crippen LogP contribution in [0.25, 0.3) is 11.1 Å². The third kappa shape index (κ3) is 7.90. The molecule has 0 amide bonds. The highest BCUT2D eigenvalue weighted by Crippen LogP contribution is 2.36. The van der Waals surface area contributed by atoms with Gasteiger partial charge in [0.05, 0.1) is 42.8 Å². The average Bonchev–Trinajstić information content (AvgIpc) is 3.91. The van der Waals surface area contributed by atoms with Crippen LogP contribution in [0.3, 0.4) is 0 Å². The second-order valence-corrected chi connectivity index (χ2v) is 12.9. The van der Waals surface area contributed by atoms with E-state index in [1.807, 2.05) is 29.9 Å². The van der Waals surface area contributed by atoms with Gasteiger partial charge in [-0.2, -0.15) is 5.26 Å². The molecule has 7 rings (SSSR count). The predicted octanol–water partition coefficient (Wildman–Crippen LogP) is 4.57. The number of aromatic nitrogens is 9. The maximum absolute atomic E-state index is 9.68. The van der Waals surface area contributed by atoms with Crippen molar-refractivity contribution in [1.82, 2.24) is 49.8 Å². The number of rotatable bonds is 12. The van der Waals surface area contributed by atoms with Gasteiger partial charge in [0.25, 0.3) is 5.88 Å². The Hall–Kier alpha value is -5.40. The van der Waals surface area contributed by atoms with E-state index < -0.39 is 0 Å². The molecule has 1 aromatic carbocycles. The summed E-state index contributed by atoms with van der Waals surface area (Å²) in [5.74, 6) is 1.71. The van der Waals surface area contributed by atoms with Crippen LogP contribution in [0.1, 0.15) is 64.0 Å². The van der Waals surface area contributed by atoms with Gasteiger partial charge in [0.15, 0.2) is 6.61 Å². The number of nitrogens with one attached hydrogen (secondary N) is 1. The molecule has 1 aliphatic heterocycles. The molecule has 2 fully saturated rings. The number of ether oxygens (including phenoxy) is 3. The van der Waals surface area contributed by atoms with Gasteiger partial charge in [-0.05, 0) is 74.6 Å². The fourth-order valence-corrected chi connectivity index (χ4v) is 6.75. The Morgan fingerprint density at radius 3 is 2.52 bits per heavy atom. The fraction of sp³-hybridized carbons (Fsp3) is 0.471. The van der Waals surface area contributed by atoms with Crippen molar-refractivity contribution in [2.75, 3.05) is 18.4 Å². The minimum Gasteiger partial charge on any atom is -0.487 e. The van der Waals surface area contributed by atoms with E-state index in [2.05, 4.69) is 60.6 Å². The standard InChI is InChI=1S/C34H40N12O4/c1-22-16-44(17-23(2)49-22)28-6-8-29(9-7-28)46-19-30(33(41-46)48-20-32-36-10-11-47-32)40-34-37-14-27(15-38-34)25-4-5-26(13-35)31(12-25)50-24(3)18-45-21-39-42-43-45/h4-5,10-12,14-15,19,21-24,28-29H,6-9,16-18,20H2,1-3H3,(H,37,38,40)/t22-,23+,24?,28?,29?. The van der Waals surface area contributed by atoms with Crippen LogP contribution in [0, 0.1) is 11.3 Å². The van der Waals surface area contributed by atoms with E-state index >= 15 is 0 Å². The smallest absolute Gasteiger partial charge is 0.257 e. The summed E-state index contributed by atoms with van der Waals surface area (Å²) >= 11 is 0. The molecule has 50 heavy (non-hydrogen) atoms. The number of tetrazole rings is 1. The van der Waals surface area contributed by atoms with Crippen LogP contribution in [-0.4, -0.2) is 87.3 Å². The molecule has 16 heteroatoms. The molecule has 5 aromatic rings. The topological polar surface area (TPSA) is 180 Å². The Morgan fingerprint density at radius 2 is 1.82 bits per heavy atom. The summed E-state index contributed by atoms with van der Waals surface area (Å²) in [6, 6.07) is 8.38. The molecule has 4 aromatic heterocycles. The van der Waals surface area contributed by atoms with Crippen molar-refractivity contribution in [3.05, 3.63) is 67.0 Å². The zero-order valence-electron chi connectivity index (χ0n) is 28.3. The van der Waals surface area contributed by atoms with Gasteiger partial charge < -0.3 is 23.9 Å². The number of morpholine rings is 1. The zero-order valence-corrected chi connectivity index (χ0v) is 28.3. The van der Waals surface area contributed by atoms with Crippen molar-refractivity contribution in [1.29, 1.82) is 5.26 Å². The summed E-state index contributed by atoms with van der Waals surface area (Å²) < 4.78 is 27.1. The van der Waals surface area contributed by atoms with Gasteiger partial charge in [-0.15, -0.1) is 10.2 Å². The number of hydrogen-bond donors (Lipinski definition) is 1. The van der Waals surface area contributed by atoms with Gasteiger partial charge in [-0.25, -0.2) is 19.6 Å². The molecule has 1 aliphatic carbocycles. The first kappa shape index (κ1) is 33.1. The number of oxazole rings is 1. The zero-order chi connectivity index (χ0) is 34.5. The summed E-state index contributed by atoms with van der Waals surface area (Å²) in [5, 5.41) is 29.0. The van der Waals surface area contributed by atoms with E-state index in [1.54, 1.807) is 29.3 Å². The van der Waals surface area contributed by atoms with Gasteiger partial charge in [0.1, 0.15) is 36.2 Å². The molecule has 1 unspecified atom stereocenters. The van der Waals surface area contributed by atoms with E-state index in [1.165, 1.54) is 12.6 Å². The molecule has 16 nitrogen and oxygen atoms in total. The van der Waals surface area contributed by atoms with Crippen molar-refractivity contribution in [2.24, 2.45) is 0 Å².